The number of benzene rings is 2. The minimum Gasteiger partial charge on any atom is -0.371 e. The number of fused-ring (bicyclic) bond motifs is 1. The topological polar surface area (TPSA) is 59.6 Å². The van der Waals surface area contributed by atoms with Crippen molar-refractivity contribution in [2.75, 3.05) is 5.32 Å². The molecule has 0 bridgehead atoms. The number of hydrogen-bond donors (Lipinski definition) is 2. The van der Waals surface area contributed by atoms with Crippen molar-refractivity contribution in [3.63, 3.8) is 0 Å². The largest absolute Gasteiger partial charge is 0.371 e. The van der Waals surface area contributed by atoms with Crippen molar-refractivity contribution in [2.45, 2.75) is 58.8 Å². The lowest BCUT2D eigenvalue weighted by molar-refractivity contribution is -0.0149. The number of nitrogens with zero attached hydrogens (tertiary/aromatic N) is 1. The molecule has 0 atom stereocenters. The molecule has 4 nitrogen and oxygen atoms in total. The van der Waals surface area contributed by atoms with Gasteiger partial charge in [0, 0.05) is 5.69 Å². The minimum absolute atomic E-state index is 0. The van der Waals surface area contributed by atoms with Gasteiger partial charge in [-0.05, 0) is 74.4 Å². The number of hydrogen-bond acceptors (Lipinski definition) is 2. The summed E-state index contributed by atoms with van der Waals surface area (Å²) in [5.41, 5.74) is 12.1. The van der Waals surface area contributed by atoms with Crippen LogP contribution in [0, 0.1) is 0 Å². The van der Waals surface area contributed by atoms with Crippen LogP contribution in [-0.2, 0) is 30.7 Å². The number of aryl methyl sites for hydroxylation is 2. The lowest BCUT2D eigenvalue weighted by Gasteiger charge is -2.19. The number of anilines is 1. The number of nitrogens with two attached hydrogens (primary N) is 1. The number of guanidine groups is 1. The van der Waals surface area contributed by atoms with Gasteiger partial charge in [-0.2, -0.15) is 0 Å². The van der Waals surface area contributed by atoms with E-state index in [1.54, 1.807) is 0 Å². The molecular formula is C22H30IN3O. The van der Waals surface area contributed by atoms with E-state index in [-0.39, 0.29) is 29.6 Å². The monoisotopic (exact) mass is 479 g/mol. The second-order valence-electron chi connectivity index (χ2n) is 7.88. The van der Waals surface area contributed by atoms with Crippen molar-refractivity contribution in [1.29, 1.82) is 0 Å². The van der Waals surface area contributed by atoms with Crippen LogP contribution in [0.4, 0.5) is 5.69 Å². The molecule has 0 spiro atoms. The molecule has 0 fully saturated rings. The van der Waals surface area contributed by atoms with Crippen molar-refractivity contribution < 1.29 is 4.74 Å². The summed E-state index contributed by atoms with van der Waals surface area (Å²) in [5.74, 6) is 0.444. The summed E-state index contributed by atoms with van der Waals surface area (Å²) in [7, 11) is 0. The molecule has 0 aliphatic heterocycles. The molecule has 2 aromatic carbocycles. The maximum Gasteiger partial charge on any atom is 0.193 e. The number of ether oxygens (including phenoxy) is 1. The summed E-state index contributed by atoms with van der Waals surface area (Å²) in [4.78, 5) is 4.48. The lowest BCUT2D eigenvalue weighted by atomic mass is 10.1. The second-order valence-corrected chi connectivity index (χ2v) is 7.88. The third kappa shape index (κ3) is 6.81. The van der Waals surface area contributed by atoms with Gasteiger partial charge in [-0.25, -0.2) is 4.99 Å². The van der Waals surface area contributed by atoms with E-state index < -0.39 is 0 Å². The SMILES string of the molecule is CC(C)(C)OCc1cccc(CN=C(N)Nc2ccc3c(c2)CCC3)c1.I. The molecule has 0 saturated carbocycles. The van der Waals surface area contributed by atoms with Gasteiger partial charge in [0.1, 0.15) is 0 Å². The van der Waals surface area contributed by atoms with Crippen molar-refractivity contribution in [1.82, 2.24) is 0 Å². The molecule has 1 aliphatic rings. The Kier molecular flexibility index (Phi) is 7.68. The predicted octanol–water partition coefficient (Wildman–Crippen LogP) is 5.04. The molecule has 0 heterocycles. The van der Waals surface area contributed by atoms with Gasteiger partial charge in [0.05, 0.1) is 18.8 Å². The van der Waals surface area contributed by atoms with Gasteiger partial charge in [0.25, 0.3) is 0 Å². The normalized spacial score (nSPS) is 13.8. The van der Waals surface area contributed by atoms with E-state index in [4.69, 9.17) is 10.5 Å². The van der Waals surface area contributed by atoms with Crippen molar-refractivity contribution in [2.24, 2.45) is 10.7 Å². The fraction of sp³-hybridized carbons (Fsp3) is 0.409. The fourth-order valence-electron chi connectivity index (χ4n) is 3.13. The van der Waals surface area contributed by atoms with Gasteiger partial charge in [-0.1, -0.05) is 30.3 Å². The third-order valence-electron chi connectivity index (χ3n) is 4.47. The van der Waals surface area contributed by atoms with E-state index in [2.05, 4.69) is 67.5 Å². The van der Waals surface area contributed by atoms with Crippen LogP contribution in [0.1, 0.15) is 49.4 Å². The predicted molar refractivity (Wildman–Crippen MR) is 124 cm³/mol. The number of nitrogens with one attached hydrogen (secondary N) is 1. The highest BCUT2D eigenvalue weighted by Gasteiger charge is 2.11. The Morgan fingerprint density at radius 2 is 1.81 bits per heavy atom. The van der Waals surface area contributed by atoms with Gasteiger partial charge < -0.3 is 15.8 Å². The van der Waals surface area contributed by atoms with E-state index in [1.807, 2.05) is 6.07 Å². The van der Waals surface area contributed by atoms with Crippen molar-refractivity contribution in [3.05, 3.63) is 64.7 Å². The first-order chi connectivity index (χ1) is 12.4. The number of halogens is 1. The quantitative estimate of drug-likeness (QED) is 0.359. The Bertz CT molecular complexity index is 796. The van der Waals surface area contributed by atoms with E-state index in [0.29, 0.717) is 19.1 Å². The van der Waals surface area contributed by atoms with E-state index in [0.717, 1.165) is 23.2 Å². The molecule has 3 rings (SSSR count). The Hall–Kier alpha value is -1.60. The van der Waals surface area contributed by atoms with Crippen LogP contribution in [0.25, 0.3) is 0 Å². The van der Waals surface area contributed by atoms with Crippen LogP contribution >= 0.6 is 24.0 Å². The average molecular weight is 479 g/mol. The van der Waals surface area contributed by atoms with Crippen LogP contribution in [0.2, 0.25) is 0 Å². The van der Waals surface area contributed by atoms with Crippen molar-refractivity contribution in [3.8, 4) is 0 Å². The molecule has 3 N–H and O–H groups in total. The van der Waals surface area contributed by atoms with Gasteiger partial charge >= 0.3 is 0 Å². The fourth-order valence-corrected chi connectivity index (χ4v) is 3.13. The summed E-state index contributed by atoms with van der Waals surface area (Å²) in [5, 5.41) is 3.20. The maximum absolute atomic E-state index is 6.07. The van der Waals surface area contributed by atoms with Crippen LogP contribution in [0.5, 0.6) is 0 Å². The molecule has 146 valence electrons. The van der Waals surface area contributed by atoms with Crippen LogP contribution in [-0.4, -0.2) is 11.6 Å². The molecular weight excluding hydrogens is 449 g/mol. The zero-order chi connectivity index (χ0) is 18.6. The highest BCUT2D eigenvalue weighted by atomic mass is 127. The van der Waals surface area contributed by atoms with E-state index in [1.165, 1.54) is 24.0 Å². The van der Waals surface area contributed by atoms with Crippen LogP contribution < -0.4 is 11.1 Å². The summed E-state index contributed by atoms with van der Waals surface area (Å²) < 4.78 is 5.84. The first-order valence-corrected chi connectivity index (χ1v) is 9.29. The molecule has 1 aliphatic carbocycles. The molecule has 0 amide bonds. The van der Waals surface area contributed by atoms with E-state index in [9.17, 15) is 0 Å². The number of aliphatic imine (C=N–C) groups is 1. The Morgan fingerprint density at radius 1 is 1.07 bits per heavy atom. The molecule has 5 heteroatoms. The smallest absolute Gasteiger partial charge is 0.193 e. The minimum atomic E-state index is -0.141. The summed E-state index contributed by atoms with van der Waals surface area (Å²) in [6.07, 6.45) is 3.59. The Morgan fingerprint density at radius 3 is 2.59 bits per heavy atom. The average Bonchev–Trinajstić information content (AvgIpc) is 3.06. The van der Waals surface area contributed by atoms with Gasteiger partial charge in [0.2, 0.25) is 0 Å². The van der Waals surface area contributed by atoms with E-state index >= 15 is 0 Å². The Labute approximate surface area is 179 Å². The summed E-state index contributed by atoms with van der Waals surface area (Å²) >= 11 is 0. The van der Waals surface area contributed by atoms with Gasteiger partial charge in [-0.3, -0.25) is 0 Å². The molecule has 0 saturated heterocycles. The highest BCUT2D eigenvalue weighted by Crippen LogP contribution is 2.24. The molecule has 0 unspecified atom stereocenters. The third-order valence-corrected chi connectivity index (χ3v) is 4.47. The molecule has 27 heavy (non-hydrogen) atoms. The van der Waals surface area contributed by atoms with Crippen LogP contribution in [0.3, 0.4) is 0 Å². The highest BCUT2D eigenvalue weighted by molar-refractivity contribution is 14.0. The van der Waals surface area contributed by atoms with Gasteiger partial charge in [-0.15, -0.1) is 24.0 Å². The second kappa shape index (κ2) is 9.55. The Balaban J connectivity index is 0.00000261. The molecule has 2 aromatic rings. The zero-order valence-electron chi connectivity index (χ0n) is 16.4. The summed E-state index contributed by atoms with van der Waals surface area (Å²) in [6, 6.07) is 14.8. The lowest BCUT2D eigenvalue weighted by Crippen LogP contribution is -2.22. The first-order valence-electron chi connectivity index (χ1n) is 9.29. The molecule has 0 radical (unpaired) electrons. The number of rotatable bonds is 5. The summed E-state index contributed by atoms with van der Waals surface area (Å²) in [6.45, 7) is 7.34. The maximum atomic E-state index is 6.07. The van der Waals surface area contributed by atoms with Gasteiger partial charge in [0.15, 0.2) is 5.96 Å². The standard InChI is InChI=1S/C22H29N3O.HI/c1-22(2,3)26-15-17-7-4-6-16(12-17)14-24-21(23)25-20-11-10-18-8-5-9-19(18)13-20;/h4,6-7,10-13H,5,8-9,14-15H2,1-3H3,(H3,23,24,25);1H. The van der Waals surface area contributed by atoms with Crippen molar-refractivity contribution >= 4 is 35.6 Å². The van der Waals surface area contributed by atoms with Crippen LogP contribution in [0.15, 0.2) is 47.5 Å². The molecule has 0 aromatic heterocycles. The zero-order valence-corrected chi connectivity index (χ0v) is 18.7. The first kappa shape index (κ1) is 21.7.